The summed E-state index contributed by atoms with van der Waals surface area (Å²) < 4.78 is 3.89. The van der Waals surface area contributed by atoms with E-state index < -0.39 is 0 Å². The van der Waals surface area contributed by atoms with Crippen molar-refractivity contribution in [1.29, 1.82) is 0 Å². The zero-order valence-corrected chi connectivity index (χ0v) is 9.09. The second kappa shape index (κ2) is 4.21. The van der Waals surface area contributed by atoms with Gasteiger partial charge in [-0.05, 0) is 26.0 Å². The lowest BCUT2D eigenvalue weighted by Gasteiger charge is -2.14. The molecule has 0 aliphatic rings. The minimum Gasteiger partial charge on any atom is -0.319 e. The van der Waals surface area contributed by atoms with Crippen LogP contribution in [0.25, 0.3) is 0 Å². The number of rotatable bonds is 4. The lowest BCUT2D eigenvalue weighted by atomic mass is 10.2. The molecule has 0 aliphatic carbocycles. The average molecular weight is 204 g/mol. The summed E-state index contributed by atoms with van der Waals surface area (Å²) in [7, 11) is 0. The van der Waals surface area contributed by atoms with Gasteiger partial charge in [0.2, 0.25) is 0 Å². The fourth-order valence-corrected chi connectivity index (χ4v) is 1.49. The van der Waals surface area contributed by atoms with Gasteiger partial charge in [0.15, 0.2) is 0 Å². The molecule has 0 aromatic carbocycles. The van der Waals surface area contributed by atoms with Crippen molar-refractivity contribution in [3.05, 3.63) is 42.5 Å². The molecule has 80 valence electrons. The third-order valence-electron chi connectivity index (χ3n) is 2.42. The van der Waals surface area contributed by atoms with Gasteiger partial charge < -0.3 is 5.43 Å². The zero-order chi connectivity index (χ0) is 10.7. The van der Waals surface area contributed by atoms with Crippen molar-refractivity contribution in [2.75, 3.05) is 5.43 Å². The summed E-state index contributed by atoms with van der Waals surface area (Å²) >= 11 is 0. The highest BCUT2D eigenvalue weighted by Crippen LogP contribution is 2.12. The Labute approximate surface area is 89.5 Å². The number of hydrogen-bond acceptors (Lipinski definition) is 2. The molecule has 15 heavy (non-hydrogen) atoms. The van der Waals surface area contributed by atoms with Crippen molar-refractivity contribution >= 4 is 0 Å². The average Bonchev–Trinajstić information content (AvgIpc) is 2.86. The third-order valence-corrected chi connectivity index (χ3v) is 2.42. The molecule has 0 saturated carbocycles. The molecule has 0 bridgehead atoms. The van der Waals surface area contributed by atoms with Crippen LogP contribution in [-0.2, 0) is 6.54 Å². The Balaban J connectivity index is 2.04. The highest BCUT2D eigenvalue weighted by molar-refractivity contribution is 5.13. The topological polar surface area (TPSA) is 34.8 Å². The molecule has 4 nitrogen and oxygen atoms in total. The Hall–Kier alpha value is -1.71. The second-order valence-electron chi connectivity index (χ2n) is 3.57. The molecule has 0 aliphatic heterocycles. The smallest absolute Gasteiger partial charge is 0.0676 e. The van der Waals surface area contributed by atoms with Crippen LogP contribution in [0.15, 0.2) is 36.9 Å². The Morgan fingerprint density at radius 2 is 2.13 bits per heavy atom. The molecule has 0 fully saturated rings. The van der Waals surface area contributed by atoms with Gasteiger partial charge in [-0.25, -0.2) is 0 Å². The van der Waals surface area contributed by atoms with Crippen LogP contribution in [0.2, 0.25) is 0 Å². The van der Waals surface area contributed by atoms with Gasteiger partial charge in [-0.15, -0.1) is 0 Å². The number of aryl methyl sites for hydroxylation is 1. The van der Waals surface area contributed by atoms with Gasteiger partial charge in [-0.2, -0.15) is 5.10 Å². The first-order valence-corrected chi connectivity index (χ1v) is 5.21. The van der Waals surface area contributed by atoms with Crippen LogP contribution in [0.1, 0.15) is 25.5 Å². The van der Waals surface area contributed by atoms with Crippen LogP contribution >= 0.6 is 0 Å². The number of nitrogens with zero attached hydrogens (tertiary/aromatic N) is 3. The predicted octanol–water partition coefficient (Wildman–Crippen LogP) is 2.01. The molecule has 0 spiro atoms. The Kier molecular flexibility index (Phi) is 2.76. The molecule has 2 aromatic heterocycles. The van der Waals surface area contributed by atoms with Crippen molar-refractivity contribution in [2.24, 2.45) is 0 Å². The summed E-state index contributed by atoms with van der Waals surface area (Å²) in [4.78, 5) is 0. The fourth-order valence-electron chi connectivity index (χ4n) is 1.49. The maximum Gasteiger partial charge on any atom is 0.0676 e. The van der Waals surface area contributed by atoms with Crippen molar-refractivity contribution in [3.63, 3.8) is 0 Å². The molecule has 2 heterocycles. The lowest BCUT2D eigenvalue weighted by Crippen LogP contribution is -2.16. The first-order chi connectivity index (χ1) is 7.29. The number of hydrogen-bond donors (Lipinski definition) is 1. The van der Waals surface area contributed by atoms with E-state index in [0.717, 1.165) is 6.54 Å². The summed E-state index contributed by atoms with van der Waals surface area (Å²) in [5.41, 5.74) is 4.54. The van der Waals surface area contributed by atoms with Gasteiger partial charge in [0.05, 0.1) is 12.2 Å². The summed E-state index contributed by atoms with van der Waals surface area (Å²) in [5.74, 6) is 0. The van der Waals surface area contributed by atoms with E-state index in [9.17, 15) is 0 Å². The van der Waals surface area contributed by atoms with Gasteiger partial charge in [-0.3, -0.25) is 9.36 Å². The minimum atomic E-state index is 0.262. The quantitative estimate of drug-likeness (QED) is 0.826. The molecule has 0 amide bonds. The van der Waals surface area contributed by atoms with E-state index in [0.29, 0.717) is 0 Å². The van der Waals surface area contributed by atoms with Crippen LogP contribution in [0.5, 0.6) is 0 Å². The third kappa shape index (κ3) is 2.21. The minimum absolute atomic E-state index is 0.262. The SMILES string of the molecule is CCn1cc(C(C)Nn2cccc2)cn1. The summed E-state index contributed by atoms with van der Waals surface area (Å²) in [6.07, 6.45) is 7.95. The van der Waals surface area contributed by atoms with Crippen molar-refractivity contribution in [2.45, 2.75) is 26.4 Å². The Morgan fingerprint density at radius 3 is 2.73 bits per heavy atom. The largest absolute Gasteiger partial charge is 0.319 e. The van der Waals surface area contributed by atoms with Crippen LogP contribution < -0.4 is 5.43 Å². The standard InChI is InChI=1S/C11H16N4/c1-3-14-9-11(8-12-14)10(2)13-15-6-4-5-7-15/h4-10,13H,3H2,1-2H3. The number of aromatic nitrogens is 3. The highest BCUT2D eigenvalue weighted by Gasteiger charge is 2.06. The van der Waals surface area contributed by atoms with E-state index in [4.69, 9.17) is 0 Å². The normalized spacial score (nSPS) is 12.7. The van der Waals surface area contributed by atoms with E-state index >= 15 is 0 Å². The summed E-state index contributed by atoms with van der Waals surface area (Å²) in [6.45, 7) is 5.12. The molecule has 0 radical (unpaired) electrons. The molecule has 0 saturated heterocycles. The van der Waals surface area contributed by atoms with Crippen molar-refractivity contribution in [1.82, 2.24) is 14.5 Å². The molecule has 4 heteroatoms. The van der Waals surface area contributed by atoms with E-state index in [-0.39, 0.29) is 6.04 Å². The molecular formula is C11H16N4. The monoisotopic (exact) mass is 204 g/mol. The van der Waals surface area contributed by atoms with Crippen molar-refractivity contribution in [3.8, 4) is 0 Å². The van der Waals surface area contributed by atoms with Gasteiger partial charge in [-0.1, -0.05) is 0 Å². The molecule has 1 atom stereocenters. The lowest BCUT2D eigenvalue weighted by molar-refractivity contribution is 0.657. The van der Waals surface area contributed by atoms with E-state index in [1.165, 1.54) is 5.56 Å². The molecule has 2 aromatic rings. The summed E-state index contributed by atoms with van der Waals surface area (Å²) in [5, 5.41) is 4.25. The van der Waals surface area contributed by atoms with Crippen LogP contribution in [0.3, 0.4) is 0 Å². The summed E-state index contributed by atoms with van der Waals surface area (Å²) in [6, 6.07) is 4.25. The fraction of sp³-hybridized carbons (Fsp3) is 0.364. The first kappa shape index (κ1) is 9.83. The van der Waals surface area contributed by atoms with Gasteiger partial charge in [0.1, 0.15) is 0 Å². The van der Waals surface area contributed by atoms with Crippen LogP contribution in [-0.4, -0.2) is 14.5 Å². The Bertz CT molecular complexity index is 402. The van der Waals surface area contributed by atoms with E-state index in [2.05, 4.69) is 30.6 Å². The van der Waals surface area contributed by atoms with Gasteiger partial charge in [0, 0.05) is 30.7 Å². The van der Waals surface area contributed by atoms with Crippen LogP contribution in [0, 0.1) is 0 Å². The second-order valence-corrected chi connectivity index (χ2v) is 3.57. The molecule has 1 N–H and O–H groups in total. The molecule has 1 unspecified atom stereocenters. The van der Waals surface area contributed by atoms with Crippen LogP contribution in [0.4, 0.5) is 0 Å². The van der Waals surface area contributed by atoms with Gasteiger partial charge >= 0.3 is 0 Å². The highest BCUT2D eigenvalue weighted by atomic mass is 15.4. The Morgan fingerprint density at radius 1 is 1.40 bits per heavy atom. The maximum atomic E-state index is 4.25. The molecular weight excluding hydrogens is 188 g/mol. The first-order valence-electron chi connectivity index (χ1n) is 5.21. The molecule has 2 rings (SSSR count). The van der Waals surface area contributed by atoms with Gasteiger partial charge in [0.25, 0.3) is 0 Å². The van der Waals surface area contributed by atoms with Crippen molar-refractivity contribution < 1.29 is 0 Å². The van der Waals surface area contributed by atoms with E-state index in [1.807, 2.05) is 40.1 Å². The number of nitrogens with one attached hydrogen (secondary N) is 1. The zero-order valence-electron chi connectivity index (χ0n) is 9.09. The predicted molar refractivity (Wildman–Crippen MR) is 60.1 cm³/mol. The maximum absolute atomic E-state index is 4.25. The van der Waals surface area contributed by atoms with E-state index in [1.54, 1.807) is 0 Å².